The van der Waals surface area contributed by atoms with Crippen molar-refractivity contribution in [1.29, 1.82) is 0 Å². The number of rotatable bonds is 1. The van der Waals surface area contributed by atoms with Gasteiger partial charge in [0.25, 0.3) is 0 Å². The molecule has 0 aliphatic rings. The van der Waals surface area contributed by atoms with Gasteiger partial charge in [0.15, 0.2) is 0 Å². The first-order valence-electron chi connectivity index (χ1n) is 3.77. The summed E-state index contributed by atoms with van der Waals surface area (Å²) in [4.78, 5) is 0.685. The Balaban J connectivity index is 2.60. The molecule has 2 nitrogen and oxygen atoms in total. The number of aromatic hydroxyl groups is 1. The molecule has 5 heteroatoms. The van der Waals surface area contributed by atoms with E-state index in [1.54, 1.807) is 12.3 Å². The number of hydrogen-bond acceptors (Lipinski definition) is 3. The fourth-order valence-corrected chi connectivity index (χ4v) is 1.86. The molecule has 0 aliphatic carbocycles. The lowest BCUT2D eigenvalue weighted by Crippen LogP contribution is -1.81. The van der Waals surface area contributed by atoms with Gasteiger partial charge in [-0.3, -0.25) is 0 Å². The Morgan fingerprint density at radius 1 is 1.43 bits per heavy atom. The van der Waals surface area contributed by atoms with Crippen LogP contribution in [0.1, 0.15) is 0 Å². The van der Waals surface area contributed by atoms with E-state index in [0.717, 1.165) is 6.07 Å². The highest BCUT2D eigenvalue weighted by Gasteiger charge is 2.10. The summed E-state index contributed by atoms with van der Waals surface area (Å²) >= 11 is 6.84. The molecule has 0 atom stereocenters. The maximum Gasteiger partial charge on any atom is 0.137 e. The lowest BCUT2D eigenvalue weighted by atomic mass is 10.1. The minimum atomic E-state index is -0.504. The van der Waals surface area contributed by atoms with Gasteiger partial charge in [-0.1, -0.05) is 11.6 Å². The lowest BCUT2D eigenvalue weighted by molar-refractivity contribution is 0.470. The minimum Gasteiger partial charge on any atom is -0.506 e. The molecule has 0 saturated heterocycles. The van der Waals surface area contributed by atoms with Gasteiger partial charge in [0, 0.05) is 17.8 Å². The molecule has 0 saturated carbocycles. The fourth-order valence-electron chi connectivity index (χ4n) is 1.08. The largest absolute Gasteiger partial charge is 0.506 e. The maximum atomic E-state index is 13.4. The number of phenols is 1. The predicted molar refractivity (Wildman–Crippen MR) is 54.2 cm³/mol. The molecule has 1 heterocycles. The Hall–Kier alpha value is -1.13. The number of phenolic OH excluding ortho intramolecular Hbond substituents is 1. The second kappa shape index (κ2) is 3.55. The Kier molecular flexibility index (Phi) is 2.39. The molecule has 14 heavy (non-hydrogen) atoms. The van der Waals surface area contributed by atoms with Crippen LogP contribution in [0.15, 0.2) is 24.4 Å². The highest BCUT2D eigenvalue weighted by atomic mass is 35.5. The van der Waals surface area contributed by atoms with Gasteiger partial charge in [-0.05, 0) is 23.7 Å². The van der Waals surface area contributed by atoms with Crippen molar-refractivity contribution in [3.05, 3.63) is 35.2 Å². The van der Waals surface area contributed by atoms with Crippen molar-refractivity contribution in [2.45, 2.75) is 0 Å². The molecular formula is C9H5ClFNOS. The third-order valence-electron chi connectivity index (χ3n) is 1.74. The average molecular weight is 230 g/mol. The summed E-state index contributed by atoms with van der Waals surface area (Å²) in [7, 11) is 0. The molecule has 0 aliphatic heterocycles. The van der Waals surface area contributed by atoms with Crippen LogP contribution in [-0.4, -0.2) is 9.48 Å². The van der Waals surface area contributed by atoms with E-state index in [0.29, 0.717) is 10.4 Å². The van der Waals surface area contributed by atoms with Crippen molar-refractivity contribution in [2.24, 2.45) is 0 Å². The molecule has 0 fully saturated rings. The number of halogens is 2. The molecule has 0 radical (unpaired) electrons. The van der Waals surface area contributed by atoms with Crippen molar-refractivity contribution in [1.82, 2.24) is 4.37 Å². The molecule has 2 aromatic rings. The predicted octanol–water partition coefficient (Wildman–Crippen LogP) is 3.31. The summed E-state index contributed by atoms with van der Waals surface area (Å²) in [5.41, 5.74) is 0.357. The van der Waals surface area contributed by atoms with E-state index >= 15 is 0 Å². The third kappa shape index (κ3) is 1.58. The van der Waals surface area contributed by atoms with E-state index in [-0.39, 0.29) is 10.8 Å². The van der Waals surface area contributed by atoms with E-state index in [9.17, 15) is 4.39 Å². The van der Waals surface area contributed by atoms with Crippen LogP contribution in [0, 0.1) is 5.82 Å². The highest BCUT2D eigenvalue weighted by Crippen LogP contribution is 2.33. The summed E-state index contributed by atoms with van der Waals surface area (Å²) in [5, 5.41) is 9.27. The number of hydrogen-bond donors (Lipinski definition) is 1. The average Bonchev–Trinajstić information content (AvgIpc) is 2.64. The first-order valence-corrected chi connectivity index (χ1v) is 4.92. The second-order valence-electron chi connectivity index (χ2n) is 2.66. The zero-order valence-electron chi connectivity index (χ0n) is 6.87. The summed E-state index contributed by atoms with van der Waals surface area (Å²) < 4.78 is 17.2. The molecule has 0 unspecified atom stereocenters. The van der Waals surface area contributed by atoms with Crippen LogP contribution in [-0.2, 0) is 0 Å². The van der Waals surface area contributed by atoms with Crippen molar-refractivity contribution in [3.63, 3.8) is 0 Å². The van der Waals surface area contributed by atoms with Crippen LogP contribution in [0.3, 0.4) is 0 Å². The highest BCUT2D eigenvalue weighted by molar-refractivity contribution is 7.09. The van der Waals surface area contributed by atoms with Crippen molar-refractivity contribution in [2.75, 3.05) is 0 Å². The van der Waals surface area contributed by atoms with Gasteiger partial charge in [-0.2, -0.15) is 0 Å². The fraction of sp³-hybridized carbons (Fsp3) is 0. The molecule has 0 amide bonds. The molecule has 2 rings (SSSR count). The zero-order chi connectivity index (χ0) is 10.1. The van der Waals surface area contributed by atoms with Crippen LogP contribution >= 0.6 is 23.1 Å². The van der Waals surface area contributed by atoms with Crippen LogP contribution in [0.25, 0.3) is 10.4 Å². The number of aromatic nitrogens is 1. The molecule has 1 N–H and O–H groups in total. The standard InChI is InChI=1S/C9H5ClFNOS/c10-6-3-5(7(11)4-8(6)13)9-1-2-12-14-9/h1-4,13H. The van der Waals surface area contributed by atoms with Gasteiger partial charge in [0.1, 0.15) is 11.6 Å². The van der Waals surface area contributed by atoms with E-state index in [1.165, 1.54) is 17.6 Å². The Morgan fingerprint density at radius 2 is 2.21 bits per heavy atom. The Morgan fingerprint density at radius 3 is 2.86 bits per heavy atom. The quantitative estimate of drug-likeness (QED) is 0.814. The number of nitrogens with zero attached hydrogens (tertiary/aromatic N) is 1. The molecule has 1 aromatic heterocycles. The van der Waals surface area contributed by atoms with Crippen LogP contribution in [0.5, 0.6) is 5.75 Å². The van der Waals surface area contributed by atoms with Gasteiger partial charge in [-0.25, -0.2) is 8.76 Å². The molecule has 0 bridgehead atoms. The lowest BCUT2D eigenvalue weighted by Gasteiger charge is -2.02. The minimum absolute atomic E-state index is 0.134. The van der Waals surface area contributed by atoms with Gasteiger partial charge < -0.3 is 5.11 Å². The van der Waals surface area contributed by atoms with Gasteiger partial charge in [0.2, 0.25) is 0 Å². The van der Waals surface area contributed by atoms with Crippen LogP contribution in [0.2, 0.25) is 5.02 Å². The SMILES string of the molecule is Oc1cc(F)c(-c2ccns2)cc1Cl. The summed E-state index contributed by atoms with van der Waals surface area (Å²) in [6.07, 6.45) is 1.58. The normalized spacial score (nSPS) is 10.4. The monoisotopic (exact) mass is 229 g/mol. The van der Waals surface area contributed by atoms with E-state index in [2.05, 4.69) is 4.37 Å². The van der Waals surface area contributed by atoms with Crippen molar-refractivity contribution < 1.29 is 9.50 Å². The smallest absolute Gasteiger partial charge is 0.137 e. The molecular weight excluding hydrogens is 225 g/mol. The molecule has 0 spiro atoms. The Bertz CT molecular complexity index is 458. The van der Waals surface area contributed by atoms with Gasteiger partial charge in [0.05, 0.1) is 9.90 Å². The topological polar surface area (TPSA) is 33.1 Å². The van der Waals surface area contributed by atoms with Crippen molar-refractivity contribution in [3.8, 4) is 16.2 Å². The summed E-state index contributed by atoms with van der Waals surface area (Å²) in [6.45, 7) is 0. The van der Waals surface area contributed by atoms with Crippen LogP contribution < -0.4 is 0 Å². The first-order chi connectivity index (χ1) is 6.68. The Labute approximate surface area is 88.8 Å². The van der Waals surface area contributed by atoms with Crippen molar-refractivity contribution >= 4 is 23.1 Å². The van der Waals surface area contributed by atoms with E-state index in [1.807, 2.05) is 0 Å². The van der Waals surface area contributed by atoms with E-state index < -0.39 is 5.82 Å². The van der Waals surface area contributed by atoms with E-state index in [4.69, 9.17) is 16.7 Å². The third-order valence-corrected chi connectivity index (χ3v) is 2.82. The zero-order valence-corrected chi connectivity index (χ0v) is 8.44. The first kappa shape index (κ1) is 9.43. The summed E-state index contributed by atoms with van der Waals surface area (Å²) in [6, 6.07) is 4.08. The van der Waals surface area contributed by atoms with Gasteiger partial charge in [-0.15, -0.1) is 0 Å². The van der Waals surface area contributed by atoms with Gasteiger partial charge >= 0.3 is 0 Å². The second-order valence-corrected chi connectivity index (χ2v) is 3.90. The maximum absolute atomic E-state index is 13.4. The number of benzene rings is 1. The molecule has 72 valence electrons. The van der Waals surface area contributed by atoms with Crippen LogP contribution in [0.4, 0.5) is 4.39 Å². The molecule has 1 aromatic carbocycles. The summed E-state index contributed by atoms with van der Waals surface area (Å²) in [5.74, 6) is -0.756.